The lowest BCUT2D eigenvalue weighted by Gasteiger charge is -2.20. The van der Waals surface area contributed by atoms with Gasteiger partial charge in [-0.05, 0) is 12.5 Å². The molecule has 0 aliphatic heterocycles. The average Bonchev–Trinajstić information content (AvgIpc) is 2.20. The fourth-order valence-electron chi connectivity index (χ4n) is 1.31. The Morgan fingerprint density at radius 1 is 1.31 bits per heavy atom. The van der Waals surface area contributed by atoms with Crippen molar-refractivity contribution >= 4 is 10.0 Å². The Kier molecular flexibility index (Phi) is 3.68. The molecule has 0 bridgehead atoms. The molecular weight excluding hydrogens is 224 g/mol. The van der Waals surface area contributed by atoms with Gasteiger partial charge in [0.05, 0.1) is 12.3 Å². The van der Waals surface area contributed by atoms with E-state index in [4.69, 9.17) is 5.26 Å². The number of nitriles is 1. The minimum absolute atomic E-state index is 0.682. The summed E-state index contributed by atoms with van der Waals surface area (Å²) in [5.41, 5.74) is 1.75. The molecule has 5 heteroatoms. The first-order chi connectivity index (χ1) is 7.36. The Hall–Kier alpha value is -1.38. The van der Waals surface area contributed by atoms with E-state index >= 15 is 0 Å². The number of aryl methyl sites for hydroxylation is 1. The molecule has 1 unspecified atom stereocenters. The zero-order valence-electron chi connectivity index (χ0n) is 9.51. The zero-order chi connectivity index (χ0) is 12.3. The van der Waals surface area contributed by atoms with E-state index in [0.717, 1.165) is 16.1 Å². The van der Waals surface area contributed by atoms with Crippen LogP contribution in [0.2, 0.25) is 0 Å². The minimum atomic E-state index is -3.36. The summed E-state index contributed by atoms with van der Waals surface area (Å²) in [4.78, 5) is 0. The first kappa shape index (κ1) is 12.7. The van der Waals surface area contributed by atoms with Crippen molar-refractivity contribution < 1.29 is 8.42 Å². The highest BCUT2D eigenvalue weighted by atomic mass is 32.2. The maximum Gasteiger partial charge on any atom is 0.212 e. The van der Waals surface area contributed by atoms with Crippen LogP contribution in [-0.4, -0.2) is 26.0 Å². The lowest BCUT2D eigenvalue weighted by molar-refractivity contribution is 0.437. The van der Waals surface area contributed by atoms with Gasteiger partial charge in [-0.3, -0.25) is 0 Å². The second-order valence-corrected chi connectivity index (χ2v) is 5.76. The Bertz CT molecular complexity index is 500. The summed E-state index contributed by atoms with van der Waals surface area (Å²) < 4.78 is 23.8. The smallest absolute Gasteiger partial charge is 0.212 e. The van der Waals surface area contributed by atoms with Crippen LogP contribution in [0.1, 0.15) is 17.2 Å². The number of hydrogen-bond acceptors (Lipinski definition) is 3. The zero-order valence-corrected chi connectivity index (χ0v) is 10.3. The SMILES string of the molecule is Cc1ccc(C(C#N)N(C)S(C)(=O)=O)cc1. The van der Waals surface area contributed by atoms with Crippen LogP contribution in [0.15, 0.2) is 24.3 Å². The van der Waals surface area contributed by atoms with E-state index in [1.54, 1.807) is 12.1 Å². The largest absolute Gasteiger partial charge is 0.212 e. The highest BCUT2D eigenvalue weighted by Crippen LogP contribution is 2.20. The van der Waals surface area contributed by atoms with Crippen LogP contribution in [0.4, 0.5) is 0 Å². The Labute approximate surface area is 96.2 Å². The highest BCUT2D eigenvalue weighted by Gasteiger charge is 2.23. The van der Waals surface area contributed by atoms with Gasteiger partial charge >= 0.3 is 0 Å². The summed E-state index contributed by atoms with van der Waals surface area (Å²) in [6, 6.07) is 8.47. The van der Waals surface area contributed by atoms with Crippen molar-refractivity contribution in [2.24, 2.45) is 0 Å². The number of sulfonamides is 1. The number of benzene rings is 1. The van der Waals surface area contributed by atoms with Crippen LogP contribution < -0.4 is 0 Å². The van der Waals surface area contributed by atoms with Gasteiger partial charge in [0.25, 0.3) is 0 Å². The van der Waals surface area contributed by atoms with E-state index in [9.17, 15) is 8.42 Å². The first-order valence-electron chi connectivity index (χ1n) is 4.75. The first-order valence-corrected chi connectivity index (χ1v) is 6.60. The van der Waals surface area contributed by atoms with Gasteiger partial charge in [0.1, 0.15) is 6.04 Å². The second kappa shape index (κ2) is 4.64. The van der Waals surface area contributed by atoms with Gasteiger partial charge in [0.15, 0.2) is 0 Å². The van der Waals surface area contributed by atoms with Crippen LogP contribution in [-0.2, 0) is 10.0 Å². The van der Waals surface area contributed by atoms with Crippen molar-refractivity contribution in [3.05, 3.63) is 35.4 Å². The number of hydrogen-bond donors (Lipinski definition) is 0. The van der Waals surface area contributed by atoms with Crippen LogP contribution in [0.3, 0.4) is 0 Å². The van der Waals surface area contributed by atoms with E-state index in [-0.39, 0.29) is 0 Å². The van der Waals surface area contributed by atoms with E-state index in [0.29, 0.717) is 5.56 Å². The van der Waals surface area contributed by atoms with Gasteiger partial charge in [-0.25, -0.2) is 8.42 Å². The Morgan fingerprint density at radius 2 is 1.81 bits per heavy atom. The van der Waals surface area contributed by atoms with Gasteiger partial charge in [-0.2, -0.15) is 9.57 Å². The van der Waals surface area contributed by atoms with Crippen molar-refractivity contribution in [3.8, 4) is 6.07 Å². The predicted molar refractivity (Wildman–Crippen MR) is 62.1 cm³/mol. The third-order valence-corrected chi connectivity index (χ3v) is 3.66. The average molecular weight is 238 g/mol. The monoisotopic (exact) mass is 238 g/mol. The topological polar surface area (TPSA) is 61.2 Å². The van der Waals surface area contributed by atoms with Gasteiger partial charge < -0.3 is 0 Å². The lowest BCUT2D eigenvalue weighted by Crippen LogP contribution is -2.29. The quantitative estimate of drug-likeness (QED) is 0.800. The van der Waals surface area contributed by atoms with E-state index in [1.165, 1.54) is 7.05 Å². The molecule has 86 valence electrons. The van der Waals surface area contributed by atoms with E-state index < -0.39 is 16.1 Å². The predicted octanol–water partition coefficient (Wildman–Crippen LogP) is 1.45. The molecule has 0 amide bonds. The second-order valence-electron chi connectivity index (χ2n) is 3.72. The van der Waals surface area contributed by atoms with Gasteiger partial charge in [-0.1, -0.05) is 29.8 Å². The molecule has 0 aliphatic carbocycles. The molecule has 0 N–H and O–H groups in total. The van der Waals surface area contributed by atoms with Crippen LogP contribution in [0.5, 0.6) is 0 Å². The fraction of sp³-hybridized carbons (Fsp3) is 0.364. The summed E-state index contributed by atoms with van der Waals surface area (Å²) in [5.74, 6) is 0. The molecule has 0 aliphatic rings. The normalized spacial score (nSPS) is 13.4. The summed E-state index contributed by atoms with van der Waals surface area (Å²) in [6.45, 7) is 1.94. The third-order valence-electron chi connectivity index (χ3n) is 2.40. The standard InChI is InChI=1S/C11H14N2O2S/c1-9-4-6-10(7-5-9)11(8-12)13(2)16(3,14)15/h4-7,11H,1-3H3. The number of nitrogens with zero attached hydrogens (tertiary/aromatic N) is 2. The molecule has 0 spiro atoms. The van der Waals surface area contributed by atoms with Crippen molar-refractivity contribution in [1.82, 2.24) is 4.31 Å². The molecule has 16 heavy (non-hydrogen) atoms. The fourth-order valence-corrected chi connectivity index (χ4v) is 1.86. The van der Waals surface area contributed by atoms with Crippen molar-refractivity contribution in [2.45, 2.75) is 13.0 Å². The third kappa shape index (κ3) is 2.81. The van der Waals surface area contributed by atoms with Crippen LogP contribution in [0, 0.1) is 18.3 Å². The maximum absolute atomic E-state index is 11.3. The summed E-state index contributed by atoms with van der Waals surface area (Å²) in [7, 11) is -1.96. The molecule has 0 saturated carbocycles. The Balaban J connectivity index is 3.10. The molecule has 1 atom stereocenters. The number of rotatable bonds is 3. The van der Waals surface area contributed by atoms with Crippen molar-refractivity contribution in [1.29, 1.82) is 5.26 Å². The molecule has 1 rings (SSSR count). The van der Waals surface area contributed by atoms with E-state index in [1.807, 2.05) is 25.1 Å². The molecule has 1 aromatic carbocycles. The summed E-state index contributed by atoms with van der Waals surface area (Å²) in [6.07, 6.45) is 1.09. The van der Waals surface area contributed by atoms with Crippen LogP contribution >= 0.6 is 0 Å². The molecule has 0 heterocycles. The molecule has 4 nitrogen and oxygen atoms in total. The summed E-state index contributed by atoms with van der Waals surface area (Å²) in [5, 5.41) is 9.03. The molecule has 1 aromatic rings. The van der Waals surface area contributed by atoms with Crippen molar-refractivity contribution in [2.75, 3.05) is 13.3 Å². The minimum Gasteiger partial charge on any atom is -0.212 e. The lowest BCUT2D eigenvalue weighted by atomic mass is 10.1. The molecule has 0 radical (unpaired) electrons. The van der Waals surface area contributed by atoms with Crippen molar-refractivity contribution in [3.63, 3.8) is 0 Å². The summed E-state index contributed by atoms with van der Waals surface area (Å²) >= 11 is 0. The molecule has 0 saturated heterocycles. The Morgan fingerprint density at radius 3 is 2.19 bits per heavy atom. The van der Waals surface area contributed by atoms with Gasteiger partial charge in [-0.15, -0.1) is 0 Å². The molecule has 0 fully saturated rings. The van der Waals surface area contributed by atoms with Gasteiger partial charge in [0.2, 0.25) is 10.0 Å². The molecular formula is C11H14N2O2S. The van der Waals surface area contributed by atoms with Gasteiger partial charge in [0, 0.05) is 7.05 Å². The molecule has 0 aromatic heterocycles. The maximum atomic E-state index is 11.3. The van der Waals surface area contributed by atoms with Crippen LogP contribution in [0.25, 0.3) is 0 Å². The highest BCUT2D eigenvalue weighted by molar-refractivity contribution is 7.88. The van der Waals surface area contributed by atoms with E-state index in [2.05, 4.69) is 0 Å².